The summed E-state index contributed by atoms with van der Waals surface area (Å²) < 4.78 is 0. The molecule has 1 aliphatic heterocycles. The summed E-state index contributed by atoms with van der Waals surface area (Å²) in [5, 5.41) is 6.87. The van der Waals surface area contributed by atoms with Crippen molar-refractivity contribution in [3.8, 4) is 11.3 Å². The molecule has 0 bridgehead atoms. The maximum absolute atomic E-state index is 5.00. The first-order chi connectivity index (χ1) is 12.4. The van der Waals surface area contributed by atoms with Crippen LogP contribution in [0.3, 0.4) is 0 Å². The number of nitrogens with zero attached hydrogens (tertiary/aromatic N) is 2. The van der Waals surface area contributed by atoms with E-state index in [1.807, 2.05) is 0 Å². The second-order valence-corrected chi connectivity index (χ2v) is 9.97. The first-order valence-electron chi connectivity index (χ1n) is 9.93. The van der Waals surface area contributed by atoms with Gasteiger partial charge in [0.1, 0.15) is 0 Å². The molecule has 2 aromatic rings. The monoisotopic (exact) mass is 369 g/mol. The standard InChI is InChI=1S/C22H31N3S/c1-21(2)8-9-22(3,4)18-14-16(6-7-17(18)21)19-15-26-20(24-19)25-12-5-10-23-11-13-25/h6-7,14-15,23H,5,8-13H2,1-4H3. The first-order valence-corrected chi connectivity index (χ1v) is 10.8. The minimum Gasteiger partial charge on any atom is -0.347 e. The van der Waals surface area contributed by atoms with Crippen LogP contribution in [0.2, 0.25) is 0 Å². The fraction of sp³-hybridized carbons (Fsp3) is 0.591. The van der Waals surface area contributed by atoms with Gasteiger partial charge in [-0.05, 0) is 53.8 Å². The van der Waals surface area contributed by atoms with Crippen molar-refractivity contribution in [1.29, 1.82) is 0 Å². The van der Waals surface area contributed by atoms with E-state index >= 15 is 0 Å². The minimum absolute atomic E-state index is 0.246. The fourth-order valence-electron chi connectivity index (χ4n) is 4.33. The molecule has 1 aromatic carbocycles. The van der Waals surface area contributed by atoms with E-state index in [4.69, 9.17) is 4.98 Å². The van der Waals surface area contributed by atoms with Gasteiger partial charge in [-0.15, -0.1) is 11.3 Å². The number of benzene rings is 1. The third kappa shape index (κ3) is 3.29. The molecule has 0 atom stereocenters. The van der Waals surface area contributed by atoms with E-state index in [9.17, 15) is 0 Å². The molecule has 1 saturated heterocycles. The van der Waals surface area contributed by atoms with Crippen LogP contribution in [0, 0.1) is 0 Å². The molecule has 0 unspecified atom stereocenters. The van der Waals surface area contributed by atoms with Crippen LogP contribution in [0.25, 0.3) is 11.3 Å². The molecule has 4 rings (SSSR count). The smallest absolute Gasteiger partial charge is 0.185 e. The topological polar surface area (TPSA) is 28.2 Å². The number of rotatable bonds is 2. The van der Waals surface area contributed by atoms with E-state index in [-0.39, 0.29) is 10.8 Å². The van der Waals surface area contributed by atoms with Gasteiger partial charge in [-0.3, -0.25) is 0 Å². The Labute approximate surface area is 161 Å². The van der Waals surface area contributed by atoms with E-state index in [1.54, 1.807) is 11.3 Å². The first kappa shape index (κ1) is 18.0. The van der Waals surface area contributed by atoms with Crippen LogP contribution in [0.4, 0.5) is 5.13 Å². The molecular weight excluding hydrogens is 338 g/mol. The fourth-order valence-corrected chi connectivity index (χ4v) is 5.22. The molecule has 0 spiro atoms. The van der Waals surface area contributed by atoms with Crippen molar-refractivity contribution in [3.05, 3.63) is 34.7 Å². The van der Waals surface area contributed by atoms with Gasteiger partial charge in [-0.2, -0.15) is 0 Å². The van der Waals surface area contributed by atoms with Crippen molar-refractivity contribution in [3.63, 3.8) is 0 Å². The molecule has 2 heterocycles. The van der Waals surface area contributed by atoms with Crippen molar-refractivity contribution in [2.75, 3.05) is 31.1 Å². The lowest BCUT2D eigenvalue weighted by molar-refractivity contribution is 0.332. The summed E-state index contributed by atoms with van der Waals surface area (Å²) in [6, 6.07) is 7.06. The van der Waals surface area contributed by atoms with E-state index in [2.05, 4.69) is 61.5 Å². The van der Waals surface area contributed by atoms with Gasteiger partial charge in [0.25, 0.3) is 0 Å². The number of aromatic nitrogens is 1. The van der Waals surface area contributed by atoms with Gasteiger partial charge in [-0.1, -0.05) is 39.8 Å². The summed E-state index contributed by atoms with van der Waals surface area (Å²) in [4.78, 5) is 7.43. The summed E-state index contributed by atoms with van der Waals surface area (Å²) >= 11 is 1.78. The predicted octanol–water partition coefficient (Wildman–Crippen LogP) is 4.96. The summed E-state index contributed by atoms with van der Waals surface area (Å²) in [7, 11) is 0. The quantitative estimate of drug-likeness (QED) is 0.811. The molecule has 4 heteroatoms. The number of anilines is 1. The highest BCUT2D eigenvalue weighted by atomic mass is 32.1. The van der Waals surface area contributed by atoms with Crippen molar-refractivity contribution < 1.29 is 0 Å². The zero-order valence-electron chi connectivity index (χ0n) is 16.6. The highest BCUT2D eigenvalue weighted by Crippen LogP contribution is 2.46. The van der Waals surface area contributed by atoms with Gasteiger partial charge in [0.15, 0.2) is 5.13 Å². The van der Waals surface area contributed by atoms with Gasteiger partial charge < -0.3 is 10.2 Å². The zero-order valence-corrected chi connectivity index (χ0v) is 17.4. The number of hydrogen-bond acceptors (Lipinski definition) is 4. The second-order valence-electron chi connectivity index (χ2n) is 9.13. The summed E-state index contributed by atoms with van der Waals surface area (Å²) in [5.41, 5.74) is 5.95. The molecule has 26 heavy (non-hydrogen) atoms. The van der Waals surface area contributed by atoms with Gasteiger partial charge in [0.05, 0.1) is 5.69 Å². The molecule has 1 aliphatic carbocycles. The number of hydrogen-bond donors (Lipinski definition) is 1. The average Bonchev–Trinajstić information content (AvgIpc) is 2.94. The van der Waals surface area contributed by atoms with E-state index < -0.39 is 0 Å². The Bertz CT molecular complexity index is 782. The Morgan fingerprint density at radius 1 is 1.00 bits per heavy atom. The van der Waals surface area contributed by atoms with Crippen molar-refractivity contribution in [2.24, 2.45) is 0 Å². The molecule has 3 nitrogen and oxygen atoms in total. The van der Waals surface area contributed by atoms with Crippen LogP contribution >= 0.6 is 11.3 Å². The molecule has 0 radical (unpaired) electrons. The summed E-state index contributed by atoms with van der Waals surface area (Å²) in [5.74, 6) is 0. The van der Waals surface area contributed by atoms with Crippen molar-refractivity contribution in [1.82, 2.24) is 10.3 Å². The van der Waals surface area contributed by atoms with Crippen LogP contribution in [0.1, 0.15) is 58.1 Å². The predicted molar refractivity (Wildman–Crippen MR) is 113 cm³/mol. The molecule has 0 saturated carbocycles. The van der Waals surface area contributed by atoms with Gasteiger partial charge >= 0.3 is 0 Å². The van der Waals surface area contributed by atoms with Crippen LogP contribution in [-0.2, 0) is 10.8 Å². The number of nitrogens with one attached hydrogen (secondary N) is 1. The Morgan fingerprint density at radius 3 is 2.58 bits per heavy atom. The van der Waals surface area contributed by atoms with E-state index in [1.165, 1.54) is 41.1 Å². The van der Waals surface area contributed by atoms with E-state index in [0.717, 1.165) is 31.9 Å². The van der Waals surface area contributed by atoms with Crippen LogP contribution in [0.15, 0.2) is 23.6 Å². The third-order valence-electron chi connectivity index (χ3n) is 6.25. The van der Waals surface area contributed by atoms with Gasteiger partial charge in [-0.25, -0.2) is 4.98 Å². The minimum atomic E-state index is 0.246. The van der Waals surface area contributed by atoms with E-state index in [0.29, 0.717) is 0 Å². The molecule has 1 N–H and O–H groups in total. The Kier molecular flexibility index (Phi) is 4.60. The molecule has 2 aliphatic rings. The number of fused-ring (bicyclic) bond motifs is 1. The third-order valence-corrected chi connectivity index (χ3v) is 7.15. The molecular formula is C22H31N3S. The normalized spacial score (nSPS) is 21.9. The largest absolute Gasteiger partial charge is 0.347 e. The molecule has 1 aromatic heterocycles. The highest BCUT2D eigenvalue weighted by Gasteiger charge is 2.37. The van der Waals surface area contributed by atoms with Crippen LogP contribution < -0.4 is 10.2 Å². The molecule has 0 amide bonds. The van der Waals surface area contributed by atoms with Gasteiger partial charge in [0, 0.05) is 30.6 Å². The molecule has 140 valence electrons. The van der Waals surface area contributed by atoms with Crippen LogP contribution in [-0.4, -0.2) is 31.2 Å². The summed E-state index contributed by atoms with van der Waals surface area (Å²) in [6.07, 6.45) is 3.70. The Morgan fingerprint density at radius 2 is 1.77 bits per heavy atom. The maximum Gasteiger partial charge on any atom is 0.185 e. The SMILES string of the molecule is CC1(C)CCC(C)(C)c2cc(-c3csc(N4CCCNCC4)n3)ccc21. The maximum atomic E-state index is 5.00. The van der Waals surface area contributed by atoms with Crippen molar-refractivity contribution in [2.45, 2.75) is 57.8 Å². The second kappa shape index (κ2) is 6.65. The van der Waals surface area contributed by atoms with Crippen molar-refractivity contribution >= 4 is 16.5 Å². The van der Waals surface area contributed by atoms with Crippen LogP contribution in [0.5, 0.6) is 0 Å². The number of thiazole rings is 1. The Balaban J connectivity index is 1.67. The zero-order chi connectivity index (χ0) is 18.4. The lowest BCUT2D eigenvalue weighted by atomic mass is 9.63. The van der Waals surface area contributed by atoms with Gasteiger partial charge in [0.2, 0.25) is 0 Å². The lowest BCUT2D eigenvalue weighted by Gasteiger charge is -2.42. The average molecular weight is 370 g/mol. The molecule has 1 fully saturated rings. The highest BCUT2D eigenvalue weighted by molar-refractivity contribution is 7.14. The summed E-state index contributed by atoms with van der Waals surface area (Å²) in [6.45, 7) is 13.9. The Hall–Kier alpha value is -1.39. The lowest BCUT2D eigenvalue weighted by Crippen LogP contribution is -2.33.